The second-order valence-electron chi connectivity index (χ2n) is 4.00. The summed E-state index contributed by atoms with van der Waals surface area (Å²) in [4.78, 5) is 33.3. The minimum atomic E-state index is -1.24. The first kappa shape index (κ1) is 13.8. The van der Waals surface area contributed by atoms with Gasteiger partial charge in [0.1, 0.15) is 0 Å². The topological polar surface area (TPSA) is 60.4 Å². The molecule has 0 unspecified atom stereocenters. The number of carbonyl (C=O) groups is 3. The Morgan fingerprint density at radius 1 is 1.07 bits per heavy atom. The van der Waals surface area contributed by atoms with Crippen molar-refractivity contribution in [2.24, 2.45) is 11.8 Å². The molecule has 0 N–H and O–H groups in total. The van der Waals surface area contributed by atoms with E-state index in [9.17, 15) is 14.4 Å². The van der Waals surface area contributed by atoms with Crippen LogP contribution in [0.1, 0.15) is 34.1 Å². The molecule has 0 fully saturated rings. The van der Waals surface area contributed by atoms with Crippen molar-refractivity contribution in [3.63, 3.8) is 0 Å². The quantitative estimate of drug-likeness (QED) is 0.495. The molecule has 0 aliphatic heterocycles. The van der Waals surface area contributed by atoms with E-state index in [-0.39, 0.29) is 6.61 Å². The van der Waals surface area contributed by atoms with Gasteiger partial charge in [-0.15, -0.1) is 0 Å². The van der Waals surface area contributed by atoms with E-state index in [1.165, 1.54) is 13.8 Å². The van der Waals surface area contributed by atoms with Gasteiger partial charge in [0, 0.05) is 0 Å². The standard InChI is InChI=1S/C11H18O4/c1-7(2)5-6-15-11(14)10(8(3)12)9(4)13/h7,10H,5-6H2,1-4H3. The molecule has 0 rings (SSSR count). The second kappa shape index (κ2) is 6.32. The highest BCUT2D eigenvalue weighted by molar-refractivity contribution is 6.15. The van der Waals surface area contributed by atoms with E-state index in [1.54, 1.807) is 0 Å². The van der Waals surface area contributed by atoms with Crippen molar-refractivity contribution >= 4 is 17.5 Å². The zero-order chi connectivity index (χ0) is 12.0. The van der Waals surface area contributed by atoms with Crippen LogP contribution in [0.3, 0.4) is 0 Å². The van der Waals surface area contributed by atoms with Crippen LogP contribution in [0.15, 0.2) is 0 Å². The zero-order valence-corrected chi connectivity index (χ0v) is 9.70. The molecule has 0 aromatic rings. The molecule has 0 atom stereocenters. The minimum Gasteiger partial charge on any atom is -0.465 e. The molecule has 0 aliphatic carbocycles. The summed E-state index contributed by atoms with van der Waals surface area (Å²) >= 11 is 0. The fraction of sp³-hybridized carbons (Fsp3) is 0.727. The molecule has 0 amide bonds. The lowest BCUT2D eigenvalue weighted by molar-refractivity contribution is -0.154. The number of ketones is 2. The summed E-state index contributed by atoms with van der Waals surface area (Å²) in [5.41, 5.74) is 0. The number of rotatable bonds is 6. The summed E-state index contributed by atoms with van der Waals surface area (Å²) in [5, 5.41) is 0. The van der Waals surface area contributed by atoms with Crippen LogP contribution in [0.4, 0.5) is 0 Å². The van der Waals surface area contributed by atoms with E-state index in [1.807, 2.05) is 13.8 Å². The average molecular weight is 214 g/mol. The lowest BCUT2D eigenvalue weighted by Crippen LogP contribution is -2.30. The highest BCUT2D eigenvalue weighted by Crippen LogP contribution is 2.06. The Morgan fingerprint density at radius 3 is 1.87 bits per heavy atom. The van der Waals surface area contributed by atoms with Crippen molar-refractivity contribution in [1.29, 1.82) is 0 Å². The van der Waals surface area contributed by atoms with Gasteiger partial charge < -0.3 is 4.74 Å². The highest BCUT2D eigenvalue weighted by Gasteiger charge is 2.29. The second-order valence-corrected chi connectivity index (χ2v) is 4.00. The van der Waals surface area contributed by atoms with E-state index in [0.29, 0.717) is 5.92 Å². The molecule has 0 aromatic heterocycles. The van der Waals surface area contributed by atoms with E-state index in [0.717, 1.165) is 6.42 Å². The van der Waals surface area contributed by atoms with E-state index in [4.69, 9.17) is 4.74 Å². The van der Waals surface area contributed by atoms with Gasteiger partial charge in [0.2, 0.25) is 0 Å². The van der Waals surface area contributed by atoms with Crippen LogP contribution in [0, 0.1) is 11.8 Å². The minimum absolute atomic E-state index is 0.258. The van der Waals surface area contributed by atoms with Crippen molar-refractivity contribution < 1.29 is 19.1 Å². The molecule has 0 spiro atoms. The Morgan fingerprint density at radius 2 is 1.53 bits per heavy atom. The number of esters is 1. The number of Topliss-reactive ketones (excluding diaryl/α,β-unsaturated/α-hetero) is 2. The van der Waals surface area contributed by atoms with Crippen molar-refractivity contribution in [3.05, 3.63) is 0 Å². The summed E-state index contributed by atoms with van der Waals surface area (Å²) in [5.74, 6) is -2.46. The Hall–Kier alpha value is -1.19. The van der Waals surface area contributed by atoms with Gasteiger partial charge in [-0.3, -0.25) is 14.4 Å². The largest absolute Gasteiger partial charge is 0.465 e. The average Bonchev–Trinajstić information content (AvgIpc) is 2.01. The van der Waals surface area contributed by atoms with E-state index >= 15 is 0 Å². The maximum atomic E-state index is 11.3. The normalized spacial score (nSPS) is 10.5. The fourth-order valence-electron chi connectivity index (χ4n) is 1.10. The predicted molar refractivity (Wildman–Crippen MR) is 55.3 cm³/mol. The molecule has 0 saturated heterocycles. The molecule has 0 aliphatic rings. The third-order valence-corrected chi connectivity index (χ3v) is 1.99. The first-order valence-corrected chi connectivity index (χ1v) is 5.03. The molecular formula is C11H18O4. The number of carbonyl (C=O) groups excluding carboxylic acids is 3. The van der Waals surface area contributed by atoms with Gasteiger partial charge in [-0.05, 0) is 26.2 Å². The summed E-state index contributed by atoms with van der Waals surface area (Å²) in [6, 6.07) is 0. The van der Waals surface area contributed by atoms with Gasteiger partial charge in [0.25, 0.3) is 0 Å². The Labute approximate surface area is 90.0 Å². The van der Waals surface area contributed by atoms with Crippen molar-refractivity contribution in [2.75, 3.05) is 6.61 Å². The fourth-order valence-corrected chi connectivity index (χ4v) is 1.10. The van der Waals surface area contributed by atoms with Crippen molar-refractivity contribution in [3.8, 4) is 0 Å². The van der Waals surface area contributed by atoms with Crippen LogP contribution in [0.5, 0.6) is 0 Å². The lowest BCUT2D eigenvalue weighted by atomic mass is 10.0. The maximum absolute atomic E-state index is 11.3. The third kappa shape index (κ3) is 5.30. The van der Waals surface area contributed by atoms with Crippen LogP contribution >= 0.6 is 0 Å². The molecule has 0 saturated carbocycles. The third-order valence-electron chi connectivity index (χ3n) is 1.99. The molecule has 0 bridgehead atoms. The summed E-state index contributed by atoms with van der Waals surface area (Å²) in [6.07, 6.45) is 0.730. The monoisotopic (exact) mass is 214 g/mol. The summed E-state index contributed by atoms with van der Waals surface area (Å²) in [7, 11) is 0. The SMILES string of the molecule is CC(=O)C(C(C)=O)C(=O)OCCC(C)C. The van der Waals surface area contributed by atoms with Crippen LogP contribution in [0.2, 0.25) is 0 Å². The van der Waals surface area contributed by atoms with Gasteiger partial charge in [-0.2, -0.15) is 0 Å². The van der Waals surface area contributed by atoms with Crippen LogP contribution in [0.25, 0.3) is 0 Å². The predicted octanol–water partition coefficient (Wildman–Crippen LogP) is 1.37. The van der Waals surface area contributed by atoms with Crippen molar-refractivity contribution in [1.82, 2.24) is 0 Å². The molecule has 4 nitrogen and oxygen atoms in total. The first-order valence-electron chi connectivity index (χ1n) is 5.03. The Kier molecular flexibility index (Phi) is 5.82. The maximum Gasteiger partial charge on any atom is 0.324 e. The van der Waals surface area contributed by atoms with Gasteiger partial charge in [-0.25, -0.2) is 0 Å². The molecule has 4 heteroatoms. The molecule has 0 heterocycles. The van der Waals surface area contributed by atoms with E-state index in [2.05, 4.69) is 0 Å². The van der Waals surface area contributed by atoms with Gasteiger partial charge in [0.15, 0.2) is 17.5 Å². The van der Waals surface area contributed by atoms with Crippen LogP contribution in [-0.2, 0) is 19.1 Å². The van der Waals surface area contributed by atoms with Crippen LogP contribution < -0.4 is 0 Å². The first-order chi connectivity index (χ1) is 6.86. The Bertz CT molecular complexity index is 241. The molecule has 86 valence electrons. The summed E-state index contributed by atoms with van der Waals surface area (Å²) < 4.78 is 4.86. The number of ether oxygens (including phenoxy) is 1. The lowest BCUT2D eigenvalue weighted by Gasteiger charge is -2.11. The Balaban J connectivity index is 4.16. The van der Waals surface area contributed by atoms with Gasteiger partial charge in [-0.1, -0.05) is 13.8 Å². The number of hydrogen-bond acceptors (Lipinski definition) is 4. The highest BCUT2D eigenvalue weighted by atomic mass is 16.5. The van der Waals surface area contributed by atoms with Crippen LogP contribution in [-0.4, -0.2) is 24.1 Å². The van der Waals surface area contributed by atoms with E-state index < -0.39 is 23.5 Å². The molecule has 0 aromatic carbocycles. The molecule has 0 radical (unpaired) electrons. The summed E-state index contributed by atoms with van der Waals surface area (Å²) in [6.45, 7) is 6.70. The number of hydrogen-bond donors (Lipinski definition) is 0. The van der Waals surface area contributed by atoms with Crippen molar-refractivity contribution in [2.45, 2.75) is 34.1 Å². The van der Waals surface area contributed by atoms with Gasteiger partial charge in [0.05, 0.1) is 6.61 Å². The molecule has 15 heavy (non-hydrogen) atoms. The zero-order valence-electron chi connectivity index (χ0n) is 9.70. The molecular weight excluding hydrogens is 196 g/mol. The van der Waals surface area contributed by atoms with Gasteiger partial charge >= 0.3 is 5.97 Å². The smallest absolute Gasteiger partial charge is 0.324 e.